The van der Waals surface area contributed by atoms with Crippen LogP contribution in [0.15, 0.2) is 24.3 Å². The highest BCUT2D eigenvalue weighted by Crippen LogP contribution is 2.30. The van der Waals surface area contributed by atoms with Gasteiger partial charge in [-0.2, -0.15) is 0 Å². The first kappa shape index (κ1) is 12.1. The molecule has 0 bridgehead atoms. The first-order chi connectivity index (χ1) is 8.13. The number of rotatable bonds is 2. The van der Waals surface area contributed by atoms with Gasteiger partial charge in [0.2, 0.25) is 5.91 Å². The average molecular weight is 233 g/mol. The zero-order valence-corrected chi connectivity index (χ0v) is 10.4. The van der Waals surface area contributed by atoms with Gasteiger partial charge in [0, 0.05) is 6.54 Å². The van der Waals surface area contributed by atoms with Crippen molar-refractivity contribution in [1.29, 1.82) is 0 Å². The van der Waals surface area contributed by atoms with Crippen molar-refractivity contribution in [2.45, 2.75) is 38.8 Å². The van der Waals surface area contributed by atoms with Crippen molar-refractivity contribution in [2.75, 3.05) is 6.54 Å². The van der Waals surface area contributed by atoms with Crippen LogP contribution in [0.3, 0.4) is 0 Å². The fourth-order valence-electron chi connectivity index (χ4n) is 2.50. The van der Waals surface area contributed by atoms with Crippen LogP contribution in [-0.2, 0) is 4.79 Å². The third-order valence-corrected chi connectivity index (χ3v) is 3.44. The number of aliphatic hydroxyl groups excluding tert-OH is 1. The molecule has 1 aliphatic rings. The van der Waals surface area contributed by atoms with Crippen LogP contribution in [0.1, 0.15) is 36.8 Å². The fraction of sp³-hybridized carbons (Fsp3) is 0.500. The molecule has 3 nitrogen and oxygen atoms in total. The molecule has 0 saturated carbocycles. The molecule has 0 aromatic heterocycles. The van der Waals surface area contributed by atoms with Gasteiger partial charge in [-0.25, -0.2) is 0 Å². The standard InChI is InChI=1S/C14H19NO2/c1-3-15-13(16)8-7-12(14(15)17)11-6-4-5-10(2)9-11/h4-6,9,12-13,16H,3,7-8H2,1-2H3. The zero-order valence-electron chi connectivity index (χ0n) is 10.4. The number of amides is 1. The van der Waals surface area contributed by atoms with E-state index in [4.69, 9.17) is 0 Å². The van der Waals surface area contributed by atoms with Gasteiger partial charge in [0.05, 0.1) is 5.92 Å². The number of piperidine rings is 1. The van der Waals surface area contributed by atoms with E-state index < -0.39 is 6.23 Å². The number of carbonyl (C=O) groups excluding carboxylic acids is 1. The van der Waals surface area contributed by atoms with Crippen molar-refractivity contribution in [3.05, 3.63) is 35.4 Å². The van der Waals surface area contributed by atoms with Gasteiger partial charge in [-0.05, 0) is 32.3 Å². The van der Waals surface area contributed by atoms with Crippen LogP contribution in [0, 0.1) is 6.92 Å². The minimum Gasteiger partial charge on any atom is -0.374 e. The van der Waals surface area contributed by atoms with Crippen molar-refractivity contribution in [3.8, 4) is 0 Å². The summed E-state index contributed by atoms with van der Waals surface area (Å²) in [4.78, 5) is 13.8. The molecule has 1 amide bonds. The fourth-order valence-corrected chi connectivity index (χ4v) is 2.50. The highest BCUT2D eigenvalue weighted by atomic mass is 16.3. The molecule has 92 valence electrons. The molecule has 1 heterocycles. The second-order valence-electron chi connectivity index (χ2n) is 4.65. The van der Waals surface area contributed by atoms with E-state index in [1.807, 2.05) is 32.0 Å². The summed E-state index contributed by atoms with van der Waals surface area (Å²) in [5, 5.41) is 9.76. The van der Waals surface area contributed by atoms with Gasteiger partial charge >= 0.3 is 0 Å². The van der Waals surface area contributed by atoms with Gasteiger partial charge in [0.15, 0.2) is 0 Å². The molecule has 1 saturated heterocycles. The predicted octanol–water partition coefficient (Wildman–Crippen LogP) is 2.04. The lowest BCUT2D eigenvalue weighted by atomic mass is 9.88. The monoisotopic (exact) mass is 233 g/mol. The predicted molar refractivity (Wildman–Crippen MR) is 66.5 cm³/mol. The SMILES string of the molecule is CCN1C(=O)C(c2cccc(C)c2)CCC1O. The van der Waals surface area contributed by atoms with E-state index in [9.17, 15) is 9.90 Å². The molecule has 2 atom stereocenters. The van der Waals surface area contributed by atoms with Gasteiger partial charge in [-0.1, -0.05) is 29.8 Å². The van der Waals surface area contributed by atoms with Gasteiger partial charge in [0.1, 0.15) is 6.23 Å². The van der Waals surface area contributed by atoms with Crippen LogP contribution >= 0.6 is 0 Å². The molecular weight excluding hydrogens is 214 g/mol. The van der Waals surface area contributed by atoms with Crippen LogP contribution in [0.4, 0.5) is 0 Å². The van der Waals surface area contributed by atoms with Gasteiger partial charge in [0.25, 0.3) is 0 Å². The Balaban J connectivity index is 2.25. The molecule has 1 aromatic carbocycles. The van der Waals surface area contributed by atoms with Crippen molar-refractivity contribution in [1.82, 2.24) is 4.90 Å². The van der Waals surface area contributed by atoms with Gasteiger partial charge in [-0.15, -0.1) is 0 Å². The van der Waals surface area contributed by atoms with Crippen molar-refractivity contribution < 1.29 is 9.90 Å². The van der Waals surface area contributed by atoms with Crippen molar-refractivity contribution >= 4 is 5.91 Å². The Morgan fingerprint density at radius 2 is 2.18 bits per heavy atom. The third kappa shape index (κ3) is 2.34. The Bertz CT molecular complexity index is 416. The molecule has 0 aliphatic carbocycles. The number of likely N-dealkylation sites (tertiary alicyclic amines) is 1. The van der Waals surface area contributed by atoms with Crippen molar-refractivity contribution in [2.24, 2.45) is 0 Å². The van der Waals surface area contributed by atoms with Crippen LogP contribution in [0.25, 0.3) is 0 Å². The summed E-state index contributed by atoms with van der Waals surface area (Å²) in [6.07, 6.45) is 0.798. The van der Waals surface area contributed by atoms with E-state index in [0.29, 0.717) is 13.0 Å². The molecule has 2 unspecified atom stereocenters. The Labute approximate surface area is 102 Å². The quantitative estimate of drug-likeness (QED) is 0.849. The third-order valence-electron chi connectivity index (χ3n) is 3.44. The first-order valence-corrected chi connectivity index (χ1v) is 6.18. The van der Waals surface area contributed by atoms with E-state index in [2.05, 4.69) is 6.07 Å². The molecule has 3 heteroatoms. The number of carbonyl (C=O) groups is 1. The average Bonchev–Trinajstić information content (AvgIpc) is 2.29. The number of likely N-dealkylation sites (N-methyl/N-ethyl adjacent to an activating group) is 1. The Hall–Kier alpha value is -1.35. The summed E-state index contributed by atoms with van der Waals surface area (Å²) in [6, 6.07) is 8.08. The van der Waals surface area contributed by atoms with E-state index >= 15 is 0 Å². The number of hydrogen-bond donors (Lipinski definition) is 1. The Morgan fingerprint density at radius 3 is 2.82 bits per heavy atom. The summed E-state index contributed by atoms with van der Waals surface area (Å²) in [5.41, 5.74) is 2.24. The highest BCUT2D eigenvalue weighted by Gasteiger charge is 2.34. The number of aliphatic hydroxyl groups is 1. The summed E-state index contributed by atoms with van der Waals surface area (Å²) in [6.45, 7) is 4.51. The molecule has 1 aromatic rings. The van der Waals surface area contributed by atoms with Crippen LogP contribution in [-0.4, -0.2) is 28.7 Å². The molecule has 1 fully saturated rings. The van der Waals surface area contributed by atoms with Crippen LogP contribution in [0.5, 0.6) is 0 Å². The second kappa shape index (κ2) is 4.88. The maximum Gasteiger partial charge on any atom is 0.232 e. The smallest absolute Gasteiger partial charge is 0.232 e. The second-order valence-corrected chi connectivity index (χ2v) is 4.65. The topological polar surface area (TPSA) is 40.5 Å². The summed E-state index contributed by atoms with van der Waals surface area (Å²) < 4.78 is 0. The molecule has 1 aliphatic heterocycles. The van der Waals surface area contributed by atoms with Gasteiger partial charge < -0.3 is 10.0 Å². The lowest BCUT2D eigenvalue weighted by Gasteiger charge is -2.36. The lowest BCUT2D eigenvalue weighted by molar-refractivity contribution is -0.148. The minimum atomic E-state index is -0.603. The molecular formula is C14H19NO2. The number of aryl methyl sites for hydroxylation is 1. The minimum absolute atomic E-state index is 0.0526. The number of benzene rings is 1. The Kier molecular flexibility index (Phi) is 3.48. The van der Waals surface area contributed by atoms with E-state index in [1.54, 1.807) is 4.90 Å². The number of nitrogens with zero attached hydrogens (tertiary/aromatic N) is 1. The van der Waals surface area contributed by atoms with Crippen molar-refractivity contribution in [3.63, 3.8) is 0 Å². The maximum atomic E-state index is 12.2. The first-order valence-electron chi connectivity index (χ1n) is 6.18. The zero-order chi connectivity index (χ0) is 12.4. The van der Waals surface area contributed by atoms with E-state index in [-0.39, 0.29) is 11.8 Å². The van der Waals surface area contributed by atoms with Crippen LogP contribution < -0.4 is 0 Å². The lowest BCUT2D eigenvalue weighted by Crippen LogP contribution is -2.46. The normalized spacial score (nSPS) is 25.1. The molecule has 1 N–H and O–H groups in total. The highest BCUT2D eigenvalue weighted by molar-refractivity contribution is 5.84. The molecule has 0 spiro atoms. The van der Waals surface area contributed by atoms with E-state index in [1.165, 1.54) is 5.56 Å². The summed E-state index contributed by atoms with van der Waals surface area (Å²) >= 11 is 0. The Morgan fingerprint density at radius 1 is 1.41 bits per heavy atom. The van der Waals surface area contributed by atoms with E-state index in [0.717, 1.165) is 12.0 Å². The largest absolute Gasteiger partial charge is 0.374 e. The van der Waals surface area contributed by atoms with Crippen LogP contribution in [0.2, 0.25) is 0 Å². The number of hydrogen-bond acceptors (Lipinski definition) is 2. The summed E-state index contributed by atoms with van der Waals surface area (Å²) in [7, 11) is 0. The molecule has 0 radical (unpaired) electrons. The molecule has 17 heavy (non-hydrogen) atoms. The van der Waals surface area contributed by atoms with Gasteiger partial charge in [-0.3, -0.25) is 4.79 Å². The molecule has 2 rings (SSSR count). The maximum absolute atomic E-state index is 12.2. The summed E-state index contributed by atoms with van der Waals surface area (Å²) in [5.74, 6) is -0.0323.